The molecule has 1 aliphatic rings. The zero-order chi connectivity index (χ0) is 12.2. The normalized spacial score (nSPS) is 22.9. The van der Waals surface area contributed by atoms with E-state index in [0.717, 1.165) is 4.82 Å². The monoisotopic (exact) mass is 300 g/mol. The van der Waals surface area contributed by atoms with E-state index in [4.69, 9.17) is 0 Å². The average Bonchev–Trinajstić information content (AvgIpc) is 2.49. The van der Waals surface area contributed by atoms with Crippen molar-refractivity contribution in [3.8, 4) is 0 Å². The van der Waals surface area contributed by atoms with Crippen molar-refractivity contribution in [3.63, 3.8) is 0 Å². The molecule has 0 N–H and O–H groups in total. The second-order valence-electron chi connectivity index (χ2n) is 4.53. The number of rotatable bonds is 2. The van der Waals surface area contributed by atoms with Gasteiger partial charge in [0.1, 0.15) is 0 Å². The van der Waals surface area contributed by atoms with Gasteiger partial charge in [0.2, 0.25) is 0 Å². The van der Waals surface area contributed by atoms with Crippen molar-refractivity contribution in [2.75, 3.05) is 0 Å². The van der Waals surface area contributed by atoms with Gasteiger partial charge >= 0.3 is 115 Å². The van der Waals surface area contributed by atoms with Gasteiger partial charge < -0.3 is 0 Å². The minimum absolute atomic E-state index is 0.609. The van der Waals surface area contributed by atoms with E-state index in [1.54, 1.807) is 0 Å². The van der Waals surface area contributed by atoms with E-state index >= 15 is 0 Å². The summed E-state index contributed by atoms with van der Waals surface area (Å²) in [6.07, 6.45) is 5.96. The summed E-state index contributed by atoms with van der Waals surface area (Å²) in [5.74, 6) is 0. The van der Waals surface area contributed by atoms with Gasteiger partial charge in [-0.25, -0.2) is 0 Å². The van der Waals surface area contributed by atoms with Gasteiger partial charge in [0, 0.05) is 0 Å². The molecule has 0 bridgehead atoms. The van der Waals surface area contributed by atoms with Crippen molar-refractivity contribution >= 4 is 15.0 Å². The molecule has 1 aliphatic heterocycles. The molecule has 0 amide bonds. The van der Waals surface area contributed by atoms with E-state index < -0.39 is 0 Å². The van der Waals surface area contributed by atoms with Gasteiger partial charge in [-0.05, 0) is 0 Å². The van der Waals surface area contributed by atoms with Crippen molar-refractivity contribution in [1.82, 2.24) is 0 Å². The van der Waals surface area contributed by atoms with Crippen LogP contribution >= 0.6 is 0 Å². The Kier molecular flexibility index (Phi) is 3.64. The number of benzene rings is 2. The standard InChI is InChI=1S/C17H16Se/c1-3-8-14(9-4-1)16-12-7-13-17(18-16)15-10-5-2-6-11-15/h1-12,16-17H,13H2. The Bertz CT molecular complexity index is 516. The molecule has 2 atom stereocenters. The molecule has 0 spiro atoms. The Morgan fingerprint density at radius 1 is 0.778 bits per heavy atom. The Morgan fingerprint density at radius 2 is 1.39 bits per heavy atom. The average molecular weight is 299 g/mol. The first kappa shape index (κ1) is 11.8. The van der Waals surface area contributed by atoms with Crippen LogP contribution in [0, 0.1) is 0 Å². The SMILES string of the molecule is C1=CC(c2ccccc2)[Se]C(c2ccccc2)C1. The number of allylic oxidation sites excluding steroid dienone is 2. The third kappa shape index (κ3) is 2.58. The maximum absolute atomic E-state index is 2.40. The molecule has 3 rings (SSSR count). The Labute approximate surface area is 115 Å². The summed E-state index contributed by atoms with van der Waals surface area (Å²) in [6, 6.07) is 21.8. The Hall–Kier alpha value is -1.30. The first-order chi connectivity index (χ1) is 8.93. The fourth-order valence-corrected chi connectivity index (χ4v) is 5.27. The van der Waals surface area contributed by atoms with Crippen molar-refractivity contribution in [2.24, 2.45) is 0 Å². The minimum atomic E-state index is 0.609. The van der Waals surface area contributed by atoms with Gasteiger partial charge in [0.25, 0.3) is 0 Å². The van der Waals surface area contributed by atoms with Crippen LogP contribution in [0.1, 0.15) is 27.2 Å². The molecule has 0 saturated heterocycles. The summed E-state index contributed by atoms with van der Waals surface area (Å²) in [5, 5.41) is 0. The molecule has 0 nitrogen and oxygen atoms in total. The van der Waals surface area contributed by atoms with E-state index in [2.05, 4.69) is 72.8 Å². The predicted molar refractivity (Wildman–Crippen MR) is 77.9 cm³/mol. The van der Waals surface area contributed by atoms with Crippen LogP contribution in [-0.4, -0.2) is 15.0 Å². The van der Waals surface area contributed by atoms with Crippen molar-refractivity contribution < 1.29 is 0 Å². The molecule has 0 saturated carbocycles. The first-order valence-electron chi connectivity index (χ1n) is 6.35. The summed E-state index contributed by atoms with van der Waals surface area (Å²) in [4.78, 5) is 1.37. The molecule has 90 valence electrons. The molecule has 0 aliphatic carbocycles. The summed E-state index contributed by atoms with van der Waals surface area (Å²) in [6.45, 7) is 0. The van der Waals surface area contributed by atoms with E-state index in [0.29, 0.717) is 19.8 Å². The zero-order valence-electron chi connectivity index (χ0n) is 10.2. The van der Waals surface area contributed by atoms with Crippen LogP contribution in [0.5, 0.6) is 0 Å². The Morgan fingerprint density at radius 3 is 2.06 bits per heavy atom. The number of hydrogen-bond acceptors (Lipinski definition) is 0. The maximum atomic E-state index is 2.40. The molecule has 1 heterocycles. The van der Waals surface area contributed by atoms with Gasteiger partial charge in [0.15, 0.2) is 0 Å². The van der Waals surface area contributed by atoms with Crippen molar-refractivity contribution in [3.05, 3.63) is 83.9 Å². The fraction of sp³-hybridized carbons (Fsp3) is 0.176. The molecule has 0 fully saturated rings. The van der Waals surface area contributed by atoms with Crippen LogP contribution in [0.25, 0.3) is 0 Å². The summed E-state index contributed by atoms with van der Waals surface area (Å²) < 4.78 is 0. The first-order valence-corrected chi connectivity index (χ1v) is 8.33. The van der Waals surface area contributed by atoms with E-state index in [1.807, 2.05) is 0 Å². The van der Waals surface area contributed by atoms with Crippen LogP contribution in [0.4, 0.5) is 0 Å². The zero-order valence-corrected chi connectivity index (χ0v) is 11.9. The topological polar surface area (TPSA) is 0 Å². The molecule has 0 radical (unpaired) electrons. The third-order valence-electron chi connectivity index (χ3n) is 3.27. The van der Waals surface area contributed by atoms with Crippen molar-refractivity contribution in [2.45, 2.75) is 16.1 Å². The second kappa shape index (κ2) is 5.56. The molecule has 1 heteroatoms. The van der Waals surface area contributed by atoms with Gasteiger partial charge in [-0.15, -0.1) is 0 Å². The van der Waals surface area contributed by atoms with Gasteiger partial charge in [0.05, 0.1) is 0 Å². The predicted octanol–water partition coefficient (Wildman–Crippen LogP) is 4.13. The number of hydrogen-bond donors (Lipinski definition) is 0. The van der Waals surface area contributed by atoms with Gasteiger partial charge in [-0.2, -0.15) is 0 Å². The van der Waals surface area contributed by atoms with Gasteiger partial charge in [-0.3, -0.25) is 0 Å². The molecule has 0 aromatic heterocycles. The molecule has 2 aromatic rings. The fourth-order valence-electron chi connectivity index (χ4n) is 2.32. The van der Waals surface area contributed by atoms with Crippen LogP contribution < -0.4 is 0 Å². The molecule has 2 unspecified atom stereocenters. The molecular weight excluding hydrogens is 283 g/mol. The third-order valence-corrected chi connectivity index (χ3v) is 6.45. The van der Waals surface area contributed by atoms with Crippen LogP contribution in [0.2, 0.25) is 0 Å². The van der Waals surface area contributed by atoms with Crippen molar-refractivity contribution in [1.29, 1.82) is 0 Å². The van der Waals surface area contributed by atoms with Crippen LogP contribution in [0.15, 0.2) is 72.8 Å². The molecular formula is C17H16Se. The second-order valence-corrected chi connectivity index (χ2v) is 7.36. The van der Waals surface area contributed by atoms with E-state index in [-0.39, 0.29) is 0 Å². The van der Waals surface area contributed by atoms with E-state index in [1.165, 1.54) is 17.5 Å². The van der Waals surface area contributed by atoms with Crippen LogP contribution in [0.3, 0.4) is 0 Å². The summed E-state index contributed by atoms with van der Waals surface area (Å²) in [7, 11) is 0. The quantitative estimate of drug-likeness (QED) is 0.578. The molecule has 18 heavy (non-hydrogen) atoms. The summed E-state index contributed by atoms with van der Waals surface area (Å²) in [5.41, 5.74) is 2.97. The van der Waals surface area contributed by atoms with E-state index in [9.17, 15) is 0 Å². The van der Waals surface area contributed by atoms with Gasteiger partial charge in [-0.1, -0.05) is 0 Å². The molecule has 2 aromatic carbocycles. The Balaban J connectivity index is 1.81. The van der Waals surface area contributed by atoms with Crippen LogP contribution in [-0.2, 0) is 0 Å². The summed E-state index contributed by atoms with van der Waals surface area (Å²) >= 11 is 0.609.